The highest BCUT2D eigenvalue weighted by Gasteiger charge is 2.17. The summed E-state index contributed by atoms with van der Waals surface area (Å²) in [7, 11) is 1.59. The van der Waals surface area contributed by atoms with E-state index in [4.69, 9.17) is 4.74 Å². The van der Waals surface area contributed by atoms with Crippen molar-refractivity contribution in [3.63, 3.8) is 0 Å². The van der Waals surface area contributed by atoms with E-state index in [1.807, 2.05) is 53.1 Å². The number of fused-ring (bicyclic) bond motifs is 1. The molecule has 0 saturated carbocycles. The number of rotatable bonds is 8. The minimum atomic E-state index is -0.427. The lowest BCUT2D eigenvalue weighted by Gasteiger charge is -2.18. The van der Waals surface area contributed by atoms with Gasteiger partial charge in [-0.3, -0.25) is 14.2 Å². The standard InChI is InChI=1S/C25H25N5O3/c1-17(31)29-22(19-8-10-20(33-2)11-9-19)13-25(32)27-15-18-7-12-24(26-14-18)30-16-28-21-5-3-4-6-23(21)30/h3-12,14,16,22H,13,15H2,1-2H3,(H,27,32)(H,29,31). The van der Waals surface area contributed by atoms with Gasteiger partial charge in [0.05, 0.1) is 30.6 Å². The number of aromatic nitrogens is 3. The maximum absolute atomic E-state index is 12.6. The van der Waals surface area contributed by atoms with Crippen molar-refractivity contribution < 1.29 is 14.3 Å². The Morgan fingerprint density at radius 2 is 1.82 bits per heavy atom. The predicted molar refractivity (Wildman–Crippen MR) is 125 cm³/mol. The van der Waals surface area contributed by atoms with E-state index in [1.54, 1.807) is 31.8 Å². The second-order valence-electron chi connectivity index (χ2n) is 7.64. The van der Waals surface area contributed by atoms with Gasteiger partial charge in [0.15, 0.2) is 0 Å². The highest BCUT2D eigenvalue weighted by molar-refractivity contribution is 5.79. The average molecular weight is 444 g/mol. The molecule has 8 heteroatoms. The van der Waals surface area contributed by atoms with Gasteiger partial charge < -0.3 is 15.4 Å². The van der Waals surface area contributed by atoms with E-state index < -0.39 is 6.04 Å². The van der Waals surface area contributed by atoms with Gasteiger partial charge in [-0.2, -0.15) is 0 Å². The summed E-state index contributed by atoms with van der Waals surface area (Å²) in [6.45, 7) is 1.78. The van der Waals surface area contributed by atoms with Gasteiger partial charge in [-0.1, -0.05) is 30.3 Å². The van der Waals surface area contributed by atoms with E-state index in [1.165, 1.54) is 6.92 Å². The first-order valence-electron chi connectivity index (χ1n) is 10.6. The highest BCUT2D eigenvalue weighted by Crippen LogP contribution is 2.21. The topological polar surface area (TPSA) is 98.1 Å². The van der Waals surface area contributed by atoms with Crippen molar-refractivity contribution in [2.24, 2.45) is 0 Å². The summed E-state index contributed by atoms with van der Waals surface area (Å²) in [5.41, 5.74) is 3.59. The first-order valence-corrected chi connectivity index (χ1v) is 10.6. The third kappa shape index (κ3) is 5.35. The molecule has 0 saturated heterocycles. The fraction of sp³-hybridized carbons (Fsp3) is 0.200. The minimum absolute atomic E-state index is 0.123. The molecule has 0 radical (unpaired) electrons. The van der Waals surface area contributed by atoms with Gasteiger partial charge in [0.1, 0.15) is 17.9 Å². The fourth-order valence-corrected chi connectivity index (χ4v) is 3.60. The molecule has 0 aliphatic rings. The number of nitrogens with one attached hydrogen (secondary N) is 2. The maximum Gasteiger partial charge on any atom is 0.222 e. The maximum atomic E-state index is 12.6. The minimum Gasteiger partial charge on any atom is -0.497 e. The predicted octanol–water partition coefficient (Wildman–Crippen LogP) is 3.31. The second-order valence-corrected chi connectivity index (χ2v) is 7.64. The summed E-state index contributed by atoms with van der Waals surface area (Å²) in [5, 5.41) is 5.74. The van der Waals surface area contributed by atoms with E-state index in [0.717, 1.165) is 28.0 Å². The van der Waals surface area contributed by atoms with Crippen LogP contribution in [0.2, 0.25) is 0 Å². The molecule has 33 heavy (non-hydrogen) atoms. The van der Waals surface area contributed by atoms with Crippen molar-refractivity contribution in [2.45, 2.75) is 25.9 Å². The highest BCUT2D eigenvalue weighted by atomic mass is 16.5. The normalized spacial score (nSPS) is 11.7. The molecule has 8 nitrogen and oxygen atoms in total. The van der Waals surface area contributed by atoms with E-state index >= 15 is 0 Å². The van der Waals surface area contributed by atoms with Crippen LogP contribution in [0.15, 0.2) is 73.2 Å². The SMILES string of the molecule is COc1ccc(C(CC(=O)NCc2ccc(-n3cnc4ccccc43)nc2)NC(C)=O)cc1. The lowest BCUT2D eigenvalue weighted by molar-refractivity contribution is -0.122. The second kappa shape index (κ2) is 9.95. The molecule has 0 spiro atoms. The van der Waals surface area contributed by atoms with Crippen LogP contribution in [0.4, 0.5) is 0 Å². The Balaban J connectivity index is 1.38. The molecular formula is C25H25N5O3. The number of imidazole rings is 1. The van der Waals surface area contributed by atoms with E-state index in [-0.39, 0.29) is 18.2 Å². The number of pyridine rings is 1. The molecular weight excluding hydrogens is 418 g/mol. The number of nitrogens with zero attached hydrogens (tertiary/aromatic N) is 3. The number of hydrogen-bond acceptors (Lipinski definition) is 5. The number of carbonyl (C=O) groups excluding carboxylic acids is 2. The molecule has 2 heterocycles. The van der Waals surface area contributed by atoms with Gasteiger partial charge in [0, 0.05) is 19.7 Å². The quantitative estimate of drug-likeness (QED) is 0.435. The molecule has 2 amide bonds. The number of ether oxygens (including phenoxy) is 1. The zero-order valence-electron chi connectivity index (χ0n) is 18.5. The molecule has 168 valence electrons. The summed E-state index contributed by atoms with van der Waals surface area (Å²) >= 11 is 0. The Morgan fingerprint density at radius 3 is 2.52 bits per heavy atom. The van der Waals surface area contributed by atoms with E-state index in [0.29, 0.717) is 12.3 Å². The van der Waals surface area contributed by atoms with Crippen molar-refractivity contribution in [1.29, 1.82) is 0 Å². The van der Waals surface area contributed by atoms with Crippen molar-refractivity contribution in [3.05, 3.63) is 84.3 Å². The fourth-order valence-electron chi connectivity index (χ4n) is 3.60. The Hall–Kier alpha value is -4.20. The Kier molecular flexibility index (Phi) is 6.64. The largest absolute Gasteiger partial charge is 0.497 e. The molecule has 2 aromatic heterocycles. The van der Waals surface area contributed by atoms with Crippen molar-refractivity contribution in [2.75, 3.05) is 7.11 Å². The van der Waals surface area contributed by atoms with Crippen molar-refractivity contribution >= 4 is 22.8 Å². The Labute approximate surface area is 191 Å². The van der Waals surface area contributed by atoms with Gasteiger partial charge in [0.25, 0.3) is 0 Å². The molecule has 4 aromatic rings. The molecule has 0 aliphatic carbocycles. The van der Waals surface area contributed by atoms with Gasteiger partial charge >= 0.3 is 0 Å². The van der Waals surface area contributed by atoms with Crippen LogP contribution in [0.25, 0.3) is 16.9 Å². The molecule has 2 N–H and O–H groups in total. The summed E-state index contributed by atoms with van der Waals surface area (Å²) in [6.07, 6.45) is 3.60. The van der Waals surface area contributed by atoms with Gasteiger partial charge in [-0.05, 0) is 41.5 Å². The monoisotopic (exact) mass is 443 g/mol. The Bertz CT molecular complexity index is 1250. The van der Waals surface area contributed by atoms with E-state index in [9.17, 15) is 9.59 Å². The first kappa shape index (κ1) is 22.0. The third-order valence-electron chi connectivity index (χ3n) is 5.28. The molecule has 0 aliphatic heterocycles. The van der Waals surface area contributed by atoms with Crippen LogP contribution in [0.1, 0.15) is 30.5 Å². The molecule has 0 fully saturated rings. The zero-order valence-corrected chi connectivity index (χ0v) is 18.5. The number of para-hydroxylation sites is 2. The number of hydrogen-bond donors (Lipinski definition) is 2. The van der Waals surface area contributed by atoms with Crippen LogP contribution in [0.5, 0.6) is 5.75 Å². The molecule has 0 bridgehead atoms. The third-order valence-corrected chi connectivity index (χ3v) is 5.28. The van der Waals surface area contributed by atoms with Gasteiger partial charge in [-0.15, -0.1) is 0 Å². The molecule has 2 aromatic carbocycles. The lowest BCUT2D eigenvalue weighted by atomic mass is 10.0. The van der Waals surface area contributed by atoms with Crippen LogP contribution in [-0.2, 0) is 16.1 Å². The number of amides is 2. The first-order chi connectivity index (χ1) is 16.0. The van der Waals surface area contributed by atoms with Crippen molar-refractivity contribution in [3.8, 4) is 11.6 Å². The van der Waals surface area contributed by atoms with Crippen LogP contribution in [0, 0.1) is 0 Å². The summed E-state index contributed by atoms with van der Waals surface area (Å²) in [6, 6.07) is 18.5. The van der Waals surface area contributed by atoms with Gasteiger partial charge in [0.2, 0.25) is 11.8 Å². The van der Waals surface area contributed by atoms with Crippen molar-refractivity contribution in [1.82, 2.24) is 25.2 Å². The van der Waals surface area contributed by atoms with Gasteiger partial charge in [-0.25, -0.2) is 9.97 Å². The number of methoxy groups -OCH3 is 1. The molecule has 1 unspecified atom stereocenters. The average Bonchev–Trinajstić information content (AvgIpc) is 3.27. The molecule has 1 atom stereocenters. The van der Waals surface area contributed by atoms with Crippen LogP contribution in [0.3, 0.4) is 0 Å². The number of carbonyl (C=O) groups is 2. The number of benzene rings is 2. The van der Waals surface area contributed by atoms with Crippen LogP contribution < -0.4 is 15.4 Å². The summed E-state index contributed by atoms with van der Waals surface area (Å²) in [5.74, 6) is 1.10. The van der Waals surface area contributed by atoms with E-state index in [2.05, 4.69) is 20.6 Å². The van der Waals surface area contributed by atoms with Crippen LogP contribution in [-0.4, -0.2) is 33.5 Å². The van der Waals surface area contributed by atoms with Crippen LogP contribution >= 0.6 is 0 Å². The smallest absolute Gasteiger partial charge is 0.222 e. The lowest BCUT2D eigenvalue weighted by Crippen LogP contribution is -2.32. The molecule has 4 rings (SSSR count). The Morgan fingerprint density at radius 1 is 1.03 bits per heavy atom. The summed E-state index contributed by atoms with van der Waals surface area (Å²) < 4.78 is 7.10. The zero-order chi connectivity index (χ0) is 23.2. The summed E-state index contributed by atoms with van der Waals surface area (Å²) in [4.78, 5) is 33.1.